The van der Waals surface area contributed by atoms with E-state index in [1.807, 2.05) is 0 Å². The third-order valence-electron chi connectivity index (χ3n) is 1.82. The predicted octanol–water partition coefficient (Wildman–Crippen LogP) is 1.82. The van der Waals surface area contributed by atoms with Crippen molar-refractivity contribution in [3.8, 4) is 11.5 Å². The van der Waals surface area contributed by atoms with Crippen LogP contribution in [0.15, 0.2) is 18.2 Å². The fraction of sp³-hybridized carbons (Fsp3) is 0.273. The highest BCUT2D eigenvalue weighted by Gasteiger charge is 2.15. The van der Waals surface area contributed by atoms with Crippen LogP contribution >= 0.6 is 0 Å². The standard InChI is InChI=1S/C11H12O4/c1-7(12)9-5-4-6-10(14-3)11(9)15-8(2)13/h4-6H,1-3H3. The Morgan fingerprint density at radius 1 is 1.20 bits per heavy atom. The Balaban J connectivity index is 3.26. The fourth-order valence-electron chi connectivity index (χ4n) is 1.20. The Hall–Kier alpha value is -1.84. The van der Waals surface area contributed by atoms with E-state index in [-0.39, 0.29) is 11.5 Å². The van der Waals surface area contributed by atoms with Gasteiger partial charge in [0, 0.05) is 6.92 Å². The molecule has 0 radical (unpaired) electrons. The van der Waals surface area contributed by atoms with E-state index in [4.69, 9.17) is 9.47 Å². The van der Waals surface area contributed by atoms with E-state index >= 15 is 0 Å². The summed E-state index contributed by atoms with van der Waals surface area (Å²) in [6, 6.07) is 4.89. The zero-order valence-corrected chi connectivity index (χ0v) is 8.87. The van der Waals surface area contributed by atoms with Gasteiger partial charge in [-0.1, -0.05) is 6.07 Å². The third-order valence-corrected chi connectivity index (χ3v) is 1.82. The van der Waals surface area contributed by atoms with Gasteiger partial charge in [-0.25, -0.2) is 0 Å². The third kappa shape index (κ3) is 2.56. The number of hydrogen-bond acceptors (Lipinski definition) is 4. The van der Waals surface area contributed by atoms with Gasteiger partial charge in [0.05, 0.1) is 12.7 Å². The van der Waals surface area contributed by atoms with Crippen LogP contribution in [0.3, 0.4) is 0 Å². The zero-order valence-electron chi connectivity index (χ0n) is 8.87. The molecule has 0 amide bonds. The number of methoxy groups -OCH3 is 1. The second-order valence-corrected chi connectivity index (χ2v) is 2.99. The zero-order chi connectivity index (χ0) is 11.4. The summed E-state index contributed by atoms with van der Waals surface area (Å²) < 4.78 is 9.95. The van der Waals surface area contributed by atoms with Gasteiger partial charge in [0.1, 0.15) is 0 Å². The maximum absolute atomic E-state index is 11.3. The maximum Gasteiger partial charge on any atom is 0.308 e. The molecule has 0 bridgehead atoms. The average molecular weight is 208 g/mol. The number of benzene rings is 1. The van der Waals surface area contributed by atoms with Crippen molar-refractivity contribution in [1.82, 2.24) is 0 Å². The van der Waals surface area contributed by atoms with E-state index in [9.17, 15) is 9.59 Å². The van der Waals surface area contributed by atoms with E-state index in [2.05, 4.69) is 0 Å². The van der Waals surface area contributed by atoms with Crippen LogP contribution in [0.25, 0.3) is 0 Å². The monoisotopic (exact) mass is 208 g/mol. The Morgan fingerprint density at radius 3 is 2.33 bits per heavy atom. The van der Waals surface area contributed by atoms with Crippen molar-refractivity contribution in [2.45, 2.75) is 13.8 Å². The maximum atomic E-state index is 11.3. The molecule has 0 saturated carbocycles. The van der Waals surface area contributed by atoms with E-state index in [0.717, 1.165) is 0 Å². The predicted molar refractivity (Wildman–Crippen MR) is 54.3 cm³/mol. The smallest absolute Gasteiger partial charge is 0.308 e. The first kappa shape index (κ1) is 11.2. The molecule has 0 heterocycles. The van der Waals surface area contributed by atoms with Crippen molar-refractivity contribution in [3.05, 3.63) is 23.8 Å². The molecule has 15 heavy (non-hydrogen) atoms. The second-order valence-electron chi connectivity index (χ2n) is 2.99. The van der Waals surface area contributed by atoms with Crippen molar-refractivity contribution in [2.24, 2.45) is 0 Å². The lowest BCUT2D eigenvalue weighted by molar-refractivity contribution is -0.132. The first-order chi connectivity index (χ1) is 7.06. The molecule has 80 valence electrons. The number of rotatable bonds is 3. The average Bonchev–Trinajstić information content (AvgIpc) is 2.16. The molecule has 0 aliphatic heterocycles. The SMILES string of the molecule is COc1cccc(C(C)=O)c1OC(C)=O. The number of esters is 1. The Labute approximate surface area is 87.8 Å². The van der Waals surface area contributed by atoms with Gasteiger partial charge in [0.2, 0.25) is 0 Å². The van der Waals surface area contributed by atoms with Crippen LogP contribution in [0.2, 0.25) is 0 Å². The molecule has 0 spiro atoms. The molecule has 0 N–H and O–H groups in total. The van der Waals surface area contributed by atoms with Gasteiger partial charge >= 0.3 is 5.97 Å². The molecule has 0 aliphatic rings. The number of carbonyl (C=O) groups is 2. The minimum Gasteiger partial charge on any atom is -0.493 e. The van der Waals surface area contributed by atoms with Crippen molar-refractivity contribution in [3.63, 3.8) is 0 Å². The first-order valence-corrected chi connectivity index (χ1v) is 4.42. The van der Waals surface area contributed by atoms with Crippen LogP contribution < -0.4 is 9.47 Å². The minimum absolute atomic E-state index is 0.176. The summed E-state index contributed by atoms with van der Waals surface area (Å²) in [6.07, 6.45) is 0. The van der Waals surface area contributed by atoms with Gasteiger partial charge in [-0.15, -0.1) is 0 Å². The van der Waals surface area contributed by atoms with Crippen molar-refractivity contribution in [2.75, 3.05) is 7.11 Å². The minimum atomic E-state index is -0.484. The highest BCUT2D eigenvalue weighted by atomic mass is 16.6. The Morgan fingerprint density at radius 2 is 1.87 bits per heavy atom. The Bertz CT molecular complexity index is 396. The van der Waals surface area contributed by atoms with Crippen molar-refractivity contribution in [1.29, 1.82) is 0 Å². The molecule has 0 aliphatic carbocycles. The summed E-state index contributed by atoms with van der Waals surface area (Å²) in [5, 5.41) is 0. The summed E-state index contributed by atoms with van der Waals surface area (Å²) in [4.78, 5) is 22.1. The molecule has 1 rings (SSSR count). The number of ketones is 1. The number of ether oxygens (including phenoxy) is 2. The van der Waals surface area contributed by atoms with Crippen LogP contribution in [-0.4, -0.2) is 18.9 Å². The molecule has 0 fully saturated rings. The molecule has 0 aromatic heterocycles. The molecule has 4 heteroatoms. The van der Waals surface area contributed by atoms with Crippen LogP contribution in [0.1, 0.15) is 24.2 Å². The van der Waals surface area contributed by atoms with E-state index in [1.54, 1.807) is 18.2 Å². The summed E-state index contributed by atoms with van der Waals surface area (Å²) in [5.74, 6) is -0.106. The van der Waals surface area contributed by atoms with Gasteiger partial charge in [-0.2, -0.15) is 0 Å². The normalized spacial score (nSPS) is 9.53. The topological polar surface area (TPSA) is 52.6 Å². The molecular weight excluding hydrogens is 196 g/mol. The number of hydrogen-bond donors (Lipinski definition) is 0. The van der Waals surface area contributed by atoms with Gasteiger partial charge in [0.25, 0.3) is 0 Å². The first-order valence-electron chi connectivity index (χ1n) is 4.42. The number of carbonyl (C=O) groups excluding carboxylic acids is 2. The highest BCUT2D eigenvalue weighted by Crippen LogP contribution is 2.31. The van der Waals surface area contributed by atoms with Gasteiger partial charge in [-0.3, -0.25) is 9.59 Å². The molecule has 0 saturated heterocycles. The molecule has 1 aromatic carbocycles. The summed E-state index contributed by atoms with van der Waals surface area (Å²) >= 11 is 0. The highest BCUT2D eigenvalue weighted by molar-refractivity contribution is 5.98. The van der Waals surface area contributed by atoms with Crippen molar-refractivity contribution >= 4 is 11.8 Å². The molecule has 0 atom stereocenters. The largest absolute Gasteiger partial charge is 0.493 e. The lowest BCUT2D eigenvalue weighted by Gasteiger charge is -2.10. The second kappa shape index (κ2) is 4.59. The number of para-hydroxylation sites is 1. The van der Waals surface area contributed by atoms with E-state index in [0.29, 0.717) is 11.3 Å². The quantitative estimate of drug-likeness (QED) is 0.432. The fourth-order valence-corrected chi connectivity index (χ4v) is 1.20. The molecule has 1 aromatic rings. The number of Topliss-reactive ketones (excluding diaryl/α,β-unsaturated/α-hetero) is 1. The van der Waals surface area contributed by atoms with Gasteiger partial charge < -0.3 is 9.47 Å². The lowest BCUT2D eigenvalue weighted by atomic mass is 10.1. The Kier molecular flexibility index (Phi) is 3.44. The van der Waals surface area contributed by atoms with Crippen LogP contribution in [0.4, 0.5) is 0 Å². The van der Waals surface area contributed by atoms with Crippen LogP contribution in [0.5, 0.6) is 11.5 Å². The van der Waals surface area contributed by atoms with Gasteiger partial charge in [0.15, 0.2) is 17.3 Å². The van der Waals surface area contributed by atoms with Crippen LogP contribution in [0, 0.1) is 0 Å². The molecular formula is C11H12O4. The van der Waals surface area contributed by atoms with E-state index in [1.165, 1.54) is 21.0 Å². The summed E-state index contributed by atoms with van der Waals surface area (Å²) in [7, 11) is 1.45. The van der Waals surface area contributed by atoms with Crippen molar-refractivity contribution < 1.29 is 19.1 Å². The summed E-state index contributed by atoms with van der Waals surface area (Å²) in [6.45, 7) is 2.68. The summed E-state index contributed by atoms with van der Waals surface area (Å²) in [5.41, 5.74) is 0.338. The van der Waals surface area contributed by atoms with E-state index < -0.39 is 5.97 Å². The van der Waals surface area contributed by atoms with Crippen LogP contribution in [-0.2, 0) is 4.79 Å². The van der Waals surface area contributed by atoms with Gasteiger partial charge in [-0.05, 0) is 19.1 Å². The molecule has 0 unspecified atom stereocenters. The molecule has 4 nitrogen and oxygen atoms in total. The lowest BCUT2D eigenvalue weighted by Crippen LogP contribution is -2.07.